The average molecular weight is 537 g/mol. The molecule has 4 aromatic rings. The second kappa shape index (κ2) is 11.9. The molecule has 4 heterocycles. The fraction of sp³-hybridized carbons (Fsp3) is 0.167. The van der Waals surface area contributed by atoms with E-state index in [4.69, 9.17) is 23.1 Å². The number of aromatic nitrogens is 6. The quantitative estimate of drug-likeness (QED) is 0.243. The van der Waals surface area contributed by atoms with Gasteiger partial charge in [-0.25, -0.2) is 15.1 Å². The number of carbonyl (C=O) groups excluding carboxylic acids is 2. The second-order valence-electron chi connectivity index (χ2n) is 8.10. The topological polar surface area (TPSA) is 208 Å². The van der Waals surface area contributed by atoms with E-state index in [1.54, 1.807) is 12.1 Å². The van der Waals surface area contributed by atoms with Gasteiger partial charge in [-0.2, -0.15) is 5.10 Å². The van der Waals surface area contributed by atoms with Crippen LogP contribution in [-0.4, -0.2) is 42.2 Å². The van der Waals surface area contributed by atoms with Crippen molar-refractivity contribution in [1.82, 2.24) is 30.4 Å². The van der Waals surface area contributed by atoms with Crippen LogP contribution >= 0.6 is 11.6 Å². The largest absolute Gasteiger partial charge is 0.364 e. The van der Waals surface area contributed by atoms with Gasteiger partial charge in [-0.3, -0.25) is 14.4 Å². The van der Waals surface area contributed by atoms with Crippen LogP contribution in [0.15, 0.2) is 41.2 Å². The molecule has 0 saturated carbocycles. The molecule has 0 radical (unpaired) electrons. The molecule has 0 fully saturated rings. The van der Waals surface area contributed by atoms with Gasteiger partial charge in [0.2, 0.25) is 0 Å². The van der Waals surface area contributed by atoms with E-state index < -0.39 is 17.4 Å². The number of pyridine rings is 2. The Morgan fingerprint density at radius 1 is 0.789 bits per heavy atom. The Bertz CT molecular complexity index is 1570. The van der Waals surface area contributed by atoms with E-state index in [9.17, 15) is 14.4 Å². The second-order valence-corrected chi connectivity index (χ2v) is 8.49. The van der Waals surface area contributed by atoms with Crippen LogP contribution in [0, 0.1) is 27.7 Å². The SMILES string of the molecule is Cc1ccc(Nc2cc(=O)[nH]nc2C(N)=O)nc1C.Cc1ccc(Nc2cc(Cl)nnc2C(N)=O)nc1C. The normalized spacial score (nSPS) is 10.2. The molecular formula is C24H25ClN10O3. The molecule has 0 unspecified atom stereocenters. The van der Waals surface area contributed by atoms with E-state index in [-0.39, 0.29) is 22.2 Å². The van der Waals surface area contributed by atoms with E-state index in [0.717, 1.165) is 22.5 Å². The van der Waals surface area contributed by atoms with E-state index in [0.29, 0.717) is 17.3 Å². The van der Waals surface area contributed by atoms with E-state index in [2.05, 4.69) is 41.0 Å². The number of primary amides is 2. The molecule has 0 saturated heterocycles. The predicted octanol–water partition coefficient (Wildman–Crippen LogP) is 2.61. The molecule has 0 spiro atoms. The molecule has 0 aliphatic heterocycles. The number of aromatic amines is 1. The molecule has 0 aliphatic rings. The first kappa shape index (κ1) is 27.7. The highest BCUT2D eigenvalue weighted by Crippen LogP contribution is 2.21. The number of anilines is 4. The van der Waals surface area contributed by atoms with Crippen molar-refractivity contribution in [3.05, 3.63) is 85.8 Å². The van der Waals surface area contributed by atoms with E-state index in [1.165, 1.54) is 12.1 Å². The molecule has 0 bridgehead atoms. The van der Waals surface area contributed by atoms with Crippen LogP contribution in [0.4, 0.5) is 23.0 Å². The standard InChI is InChI=1S/C12H12ClN5O.C12H13N5O2/c1-6-3-4-10(15-7(6)2)16-8-5-9(13)17-18-11(8)12(14)19;1-6-3-4-9(14-7(6)2)15-8-5-10(18)16-17-11(8)12(13)19/h3-5H,1-2H3,(H2,14,19)(H,15,16,17);3-5H,1-2H3,(H2,13,19)(H2,14,15,16,18). The zero-order valence-electron chi connectivity index (χ0n) is 21.0. The number of rotatable bonds is 6. The number of carbonyl (C=O) groups is 2. The Kier molecular flexibility index (Phi) is 8.65. The lowest BCUT2D eigenvalue weighted by atomic mass is 10.2. The predicted molar refractivity (Wildman–Crippen MR) is 143 cm³/mol. The molecule has 38 heavy (non-hydrogen) atoms. The summed E-state index contributed by atoms with van der Waals surface area (Å²) in [7, 11) is 0. The molecule has 4 aromatic heterocycles. The summed E-state index contributed by atoms with van der Waals surface area (Å²) >= 11 is 5.76. The Hall–Kier alpha value is -4.91. The highest BCUT2D eigenvalue weighted by molar-refractivity contribution is 6.29. The first-order valence-electron chi connectivity index (χ1n) is 11.1. The minimum Gasteiger partial charge on any atom is -0.364 e. The van der Waals surface area contributed by atoms with Gasteiger partial charge in [0.1, 0.15) is 11.6 Å². The summed E-state index contributed by atoms with van der Waals surface area (Å²) in [6.07, 6.45) is 0. The summed E-state index contributed by atoms with van der Waals surface area (Å²) in [6.45, 7) is 7.67. The summed E-state index contributed by atoms with van der Waals surface area (Å²) in [6, 6.07) is 10.0. The molecule has 0 aromatic carbocycles. The summed E-state index contributed by atoms with van der Waals surface area (Å²) in [5.41, 5.74) is 14.4. The van der Waals surface area contributed by atoms with Crippen molar-refractivity contribution >= 4 is 46.4 Å². The summed E-state index contributed by atoms with van der Waals surface area (Å²) in [4.78, 5) is 42.4. The third kappa shape index (κ3) is 7.07. The fourth-order valence-corrected chi connectivity index (χ4v) is 3.15. The molecule has 0 atom stereocenters. The van der Waals surface area contributed by atoms with Crippen LogP contribution < -0.4 is 27.7 Å². The Labute approximate surface area is 222 Å². The lowest BCUT2D eigenvalue weighted by Crippen LogP contribution is -2.20. The highest BCUT2D eigenvalue weighted by atomic mass is 35.5. The van der Waals surface area contributed by atoms with Gasteiger partial charge in [0.25, 0.3) is 17.4 Å². The van der Waals surface area contributed by atoms with Crippen LogP contribution in [0.5, 0.6) is 0 Å². The number of aryl methyl sites for hydroxylation is 4. The number of amides is 2. The van der Waals surface area contributed by atoms with Gasteiger partial charge in [0.15, 0.2) is 16.5 Å². The van der Waals surface area contributed by atoms with E-state index >= 15 is 0 Å². The average Bonchev–Trinajstić information content (AvgIpc) is 2.84. The van der Waals surface area contributed by atoms with Crippen LogP contribution in [-0.2, 0) is 0 Å². The molecule has 7 N–H and O–H groups in total. The van der Waals surface area contributed by atoms with Crippen LogP contribution in [0.2, 0.25) is 5.15 Å². The first-order valence-corrected chi connectivity index (χ1v) is 11.5. The Balaban J connectivity index is 0.000000211. The van der Waals surface area contributed by atoms with Gasteiger partial charge >= 0.3 is 0 Å². The maximum absolute atomic E-state index is 11.3. The number of nitrogens with two attached hydrogens (primary N) is 2. The van der Waals surface area contributed by atoms with Crippen molar-refractivity contribution in [3.8, 4) is 0 Å². The van der Waals surface area contributed by atoms with Crippen molar-refractivity contribution in [2.45, 2.75) is 27.7 Å². The van der Waals surface area contributed by atoms with Crippen molar-refractivity contribution < 1.29 is 9.59 Å². The summed E-state index contributed by atoms with van der Waals surface area (Å²) < 4.78 is 0. The van der Waals surface area contributed by atoms with Gasteiger partial charge in [0.05, 0.1) is 11.4 Å². The van der Waals surface area contributed by atoms with Gasteiger partial charge in [-0.1, -0.05) is 23.7 Å². The third-order valence-corrected chi connectivity index (χ3v) is 5.45. The fourth-order valence-electron chi connectivity index (χ4n) is 3.01. The molecule has 2 amide bonds. The third-order valence-electron chi connectivity index (χ3n) is 5.26. The Morgan fingerprint density at radius 2 is 1.29 bits per heavy atom. The number of nitrogens with one attached hydrogen (secondary N) is 3. The molecule has 196 valence electrons. The van der Waals surface area contributed by atoms with Crippen LogP contribution in [0.3, 0.4) is 0 Å². The first-order chi connectivity index (χ1) is 17.9. The molecule has 0 aliphatic carbocycles. The summed E-state index contributed by atoms with van der Waals surface area (Å²) in [5.74, 6) is -0.328. The van der Waals surface area contributed by atoms with Crippen molar-refractivity contribution in [3.63, 3.8) is 0 Å². The van der Waals surface area contributed by atoms with E-state index in [1.807, 2.05) is 39.8 Å². The van der Waals surface area contributed by atoms with Gasteiger partial charge in [0, 0.05) is 23.5 Å². The number of hydrogen-bond donors (Lipinski definition) is 5. The van der Waals surface area contributed by atoms with Crippen LogP contribution in [0.1, 0.15) is 43.5 Å². The smallest absolute Gasteiger partial charge is 0.271 e. The Morgan fingerprint density at radius 3 is 1.76 bits per heavy atom. The van der Waals surface area contributed by atoms with Crippen molar-refractivity contribution in [2.24, 2.45) is 11.5 Å². The zero-order valence-corrected chi connectivity index (χ0v) is 21.7. The highest BCUT2D eigenvalue weighted by Gasteiger charge is 2.13. The molecule has 4 rings (SSSR count). The number of nitrogens with zero attached hydrogens (tertiary/aromatic N) is 5. The van der Waals surface area contributed by atoms with Crippen LogP contribution in [0.25, 0.3) is 0 Å². The molecule has 14 heteroatoms. The van der Waals surface area contributed by atoms with Crippen molar-refractivity contribution in [2.75, 3.05) is 10.6 Å². The zero-order chi connectivity index (χ0) is 28.0. The number of halogens is 1. The molecular weight excluding hydrogens is 512 g/mol. The lowest BCUT2D eigenvalue weighted by Gasteiger charge is -2.09. The van der Waals surface area contributed by atoms with Gasteiger partial charge in [-0.05, 0) is 51.0 Å². The maximum atomic E-state index is 11.3. The minimum atomic E-state index is -0.734. The number of hydrogen-bond acceptors (Lipinski definition) is 10. The lowest BCUT2D eigenvalue weighted by molar-refractivity contribution is 0.0987. The maximum Gasteiger partial charge on any atom is 0.271 e. The van der Waals surface area contributed by atoms with Gasteiger partial charge in [-0.15, -0.1) is 10.2 Å². The minimum absolute atomic E-state index is 0.0180. The van der Waals surface area contributed by atoms with Gasteiger partial charge < -0.3 is 22.1 Å². The monoisotopic (exact) mass is 536 g/mol. The van der Waals surface area contributed by atoms with Crippen molar-refractivity contribution in [1.29, 1.82) is 0 Å². The molecule has 13 nitrogen and oxygen atoms in total. The summed E-state index contributed by atoms with van der Waals surface area (Å²) in [5, 5.41) is 19.0. The number of H-pyrrole nitrogens is 1.